The quantitative estimate of drug-likeness (QED) is 0.621. The van der Waals surface area contributed by atoms with Gasteiger partial charge < -0.3 is 9.26 Å². The minimum absolute atomic E-state index is 0.554. The van der Waals surface area contributed by atoms with Crippen molar-refractivity contribution >= 4 is 27.7 Å². The Morgan fingerprint density at radius 1 is 1.27 bits per heavy atom. The number of hydrogen-bond acceptors (Lipinski definition) is 6. The molecule has 0 aliphatic carbocycles. The van der Waals surface area contributed by atoms with Gasteiger partial charge in [0.1, 0.15) is 5.75 Å². The van der Waals surface area contributed by atoms with Crippen molar-refractivity contribution in [1.82, 2.24) is 15.1 Å². The molecular weight excluding hydrogens is 366 g/mol. The highest BCUT2D eigenvalue weighted by molar-refractivity contribution is 9.10. The highest BCUT2D eigenvalue weighted by Gasteiger charge is 2.10. The number of nitrogens with zero attached hydrogens (tertiary/aromatic N) is 3. The Kier molecular flexibility index (Phi) is 4.74. The van der Waals surface area contributed by atoms with E-state index in [-0.39, 0.29) is 0 Å². The molecule has 0 radical (unpaired) electrons. The molecule has 0 saturated carbocycles. The van der Waals surface area contributed by atoms with Gasteiger partial charge in [-0.1, -0.05) is 29.1 Å². The Labute approximate surface area is 140 Å². The Bertz CT molecular complexity index is 761. The lowest BCUT2D eigenvalue weighted by molar-refractivity contribution is 0.391. The number of hydrogen-bond donors (Lipinski definition) is 0. The molecule has 3 rings (SSSR count). The lowest BCUT2D eigenvalue weighted by Gasteiger charge is -1.99. The third kappa shape index (κ3) is 3.66. The van der Waals surface area contributed by atoms with Crippen molar-refractivity contribution in [3.63, 3.8) is 0 Å². The summed E-state index contributed by atoms with van der Waals surface area (Å²) >= 11 is 4.91. The number of thioether (sulfide) groups is 1. The summed E-state index contributed by atoms with van der Waals surface area (Å²) in [5, 5.41) is 4.91. The van der Waals surface area contributed by atoms with Gasteiger partial charge in [0.2, 0.25) is 11.7 Å². The van der Waals surface area contributed by atoms with Gasteiger partial charge in [-0.15, -0.1) is 0 Å². The normalized spacial score (nSPS) is 10.6. The molecule has 2 heterocycles. The number of ether oxygens (including phenoxy) is 1. The molecule has 0 bridgehead atoms. The first-order chi connectivity index (χ1) is 10.7. The molecular formula is C15H12BrN3O2S. The summed E-state index contributed by atoms with van der Waals surface area (Å²) in [6.45, 7) is 0. The second kappa shape index (κ2) is 6.93. The number of rotatable bonds is 5. The van der Waals surface area contributed by atoms with Gasteiger partial charge in [0.15, 0.2) is 0 Å². The first-order valence-corrected chi connectivity index (χ1v) is 8.24. The molecule has 5 nitrogen and oxygen atoms in total. The van der Waals surface area contributed by atoms with E-state index < -0.39 is 0 Å². The van der Waals surface area contributed by atoms with Crippen LogP contribution in [0.3, 0.4) is 0 Å². The van der Waals surface area contributed by atoms with Crippen LogP contribution in [-0.4, -0.2) is 22.2 Å². The fraction of sp³-hybridized carbons (Fsp3) is 0.133. The zero-order chi connectivity index (χ0) is 15.4. The summed E-state index contributed by atoms with van der Waals surface area (Å²) in [6, 6.07) is 11.4. The van der Waals surface area contributed by atoms with Gasteiger partial charge in [0.25, 0.3) is 0 Å². The lowest BCUT2D eigenvalue weighted by Crippen LogP contribution is -1.86. The molecule has 0 saturated heterocycles. The van der Waals surface area contributed by atoms with Crippen LogP contribution in [-0.2, 0) is 5.75 Å². The summed E-state index contributed by atoms with van der Waals surface area (Å²) in [6.07, 6.45) is 1.76. The van der Waals surface area contributed by atoms with Gasteiger partial charge in [-0.2, -0.15) is 4.98 Å². The summed E-state index contributed by atoms with van der Waals surface area (Å²) in [4.78, 5) is 8.69. The first kappa shape index (κ1) is 15.1. The van der Waals surface area contributed by atoms with Crippen molar-refractivity contribution in [3.8, 4) is 17.1 Å². The number of benzene rings is 1. The Morgan fingerprint density at radius 3 is 2.95 bits per heavy atom. The smallest absolute Gasteiger partial charge is 0.237 e. The van der Waals surface area contributed by atoms with Gasteiger partial charge in [-0.05, 0) is 40.2 Å². The van der Waals surface area contributed by atoms with Gasteiger partial charge >= 0.3 is 0 Å². The molecule has 0 unspecified atom stereocenters. The molecule has 1 aromatic carbocycles. The summed E-state index contributed by atoms with van der Waals surface area (Å²) in [5.41, 5.74) is 0.862. The predicted molar refractivity (Wildman–Crippen MR) is 87.8 cm³/mol. The van der Waals surface area contributed by atoms with Gasteiger partial charge in [-0.25, -0.2) is 4.98 Å². The summed E-state index contributed by atoms with van der Waals surface area (Å²) < 4.78 is 11.4. The van der Waals surface area contributed by atoms with Crippen LogP contribution in [0.4, 0.5) is 0 Å². The average Bonchev–Trinajstić information content (AvgIpc) is 3.03. The molecule has 2 aromatic heterocycles. The lowest BCUT2D eigenvalue weighted by atomic mass is 10.2. The molecule has 0 amide bonds. The minimum atomic E-state index is 0.554. The van der Waals surface area contributed by atoms with E-state index in [0.717, 1.165) is 20.8 Å². The SMILES string of the molecule is COc1cccc(-c2noc(CSc3ccc(Br)cn3)n2)c1. The minimum Gasteiger partial charge on any atom is -0.497 e. The Balaban J connectivity index is 1.69. The van der Waals surface area contributed by atoms with Crippen LogP contribution in [0.1, 0.15) is 5.89 Å². The highest BCUT2D eigenvalue weighted by atomic mass is 79.9. The number of methoxy groups -OCH3 is 1. The maximum absolute atomic E-state index is 5.28. The van der Waals surface area contributed by atoms with Crippen LogP contribution in [0.2, 0.25) is 0 Å². The van der Waals surface area contributed by atoms with E-state index in [9.17, 15) is 0 Å². The first-order valence-electron chi connectivity index (χ1n) is 6.46. The third-order valence-electron chi connectivity index (χ3n) is 2.84. The van der Waals surface area contributed by atoms with Gasteiger partial charge in [0.05, 0.1) is 17.9 Å². The molecule has 0 aliphatic rings. The molecule has 3 aromatic rings. The van der Waals surface area contributed by atoms with E-state index in [1.807, 2.05) is 36.4 Å². The molecule has 0 fully saturated rings. The molecule has 0 N–H and O–H groups in total. The molecule has 22 heavy (non-hydrogen) atoms. The summed E-state index contributed by atoms with van der Waals surface area (Å²) in [5.74, 6) is 2.45. The topological polar surface area (TPSA) is 61.0 Å². The third-order valence-corrected chi connectivity index (χ3v) is 4.24. The van der Waals surface area contributed by atoms with Crippen molar-refractivity contribution in [1.29, 1.82) is 0 Å². The Morgan fingerprint density at radius 2 is 2.18 bits per heavy atom. The van der Waals surface area contributed by atoms with Crippen LogP contribution in [0.25, 0.3) is 11.4 Å². The van der Waals surface area contributed by atoms with E-state index in [0.29, 0.717) is 17.5 Å². The molecule has 112 valence electrons. The van der Waals surface area contributed by atoms with Crippen molar-refractivity contribution in [2.24, 2.45) is 0 Å². The number of halogens is 1. The van der Waals surface area contributed by atoms with E-state index in [1.54, 1.807) is 25.1 Å². The molecule has 7 heteroatoms. The predicted octanol–water partition coefficient (Wildman–Crippen LogP) is 4.20. The van der Waals surface area contributed by atoms with Crippen molar-refractivity contribution < 1.29 is 9.26 Å². The van der Waals surface area contributed by atoms with Crippen LogP contribution < -0.4 is 4.74 Å². The maximum Gasteiger partial charge on any atom is 0.237 e. The number of pyridine rings is 1. The van der Waals surface area contributed by atoms with Gasteiger partial charge in [-0.3, -0.25) is 0 Å². The standard InChI is InChI=1S/C15H12BrN3O2S/c1-20-12-4-2-3-10(7-12)15-18-13(21-19-15)9-22-14-6-5-11(16)8-17-14/h2-8H,9H2,1H3. The maximum atomic E-state index is 5.28. The highest BCUT2D eigenvalue weighted by Crippen LogP contribution is 2.24. The Hall–Kier alpha value is -1.86. The zero-order valence-electron chi connectivity index (χ0n) is 11.7. The van der Waals surface area contributed by atoms with Crippen LogP contribution in [0.5, 0.6) is 5.75 Å². The monoisotopic (exact) mass is 377 g/mol. The van der Waals surface area contributed by atoms with Crippen LogP contribution in [0, 0.1) is 0 Å². The number of aromatic nitrogens is 3. The second-order valence-corrected chi connectivity index (χ2v) is 6.26. The largest absolute Gasteiger partial charge is 0.497 e. The van der Waals surface area contributed by atoms with Gasteiger partial charge in [0, 0.05) is 16.2 Å². The van der Waals surface area contributed by atoms with Crippen LogP contribution in [0.15, 0.2) is 56.6 Å². The van der Waals surface area contributed by atoms with E-state index in [1.165, 1.54) is 0 Å². The van der Waals surface area contributed by atoms with E-state index in [2.05, 4.69) is 31.1 Å². The van der Waals surface area contributed by atoms with Crippen molar-refractivity contribution in [3.05, 3.63) is 53.0 Å². The molecule has 0 aliphatic heterocycles. The second-order valence-electron chi connectivity index (χ2n) is 4.35. The van der Waals surface area contributed by atoms with Crippen molar-refractivity contribution in [2.45, 2.75) is 10.8 Å². The van der Waals surface area contributed by atoms with E-state index >= 15 is 0 Å². The molecule has 0 atom stereocenters. The van der Waals surface area contributed by atoms with Crippen LogP contribution >= 0.6 is 27.7 Å². The fourth-order valence-corrected chi connectivity index (χ4v) is 2.69. The zero-order valence-corrected chi connectivity index (χ0v) is 14.1. The van der Waals surface area contributed by atoms with Crippen molar-refractivity contribution in [2.75, 3.05) is 7.11 Å². The van der Waals surface area contributed by atoms with E-state index in [4.69, 9.17) is 9.26 Å². The molecule has 0 spiro atoms. The summed E-state index contributed by atoms with van der Waals surface area (Å²) in [7, 11) is 1.63. The fourth-order valence-electron chi connectivity index (χ4n) is 1.78. The average molecular weight is 378 g/mol.